The fraction of sp³-hybridized carbons (Fsp3) is 0.593. The van der Waals surface area contributed by atoms with Gasteiger partial charge in [-0.3, -0.25) is 14.4 Å². The van der Waals surface area contributed by atoms with Crippen molar-refractivity contribution in [3.8, 4) is 0 Å². The number of likely N-dealkylation sites (N-methyl/N-ethyl adjacent to an activating group) is 1. The van der Waals surface area contributed by atoms with Gasteiger partial charge in [0.25, 0.3) is 0 Å². The molecular formula is C27H41N5O3. The van der Waals surface area contributed by atoms with Crippen molar-refractivity contribution < 1.29 is 14.4 Å². The van der Waals surface area contributed by atoms with Gasteiger partial charge >= 0.3 is 0 Å². The van der Waals surface area contributed by atoms with Crippen molar-refractivity contribution in [2.24, 2.45) is 0 Å². The number of hydrogen-bond donors (Lipinski definition) is 3. The van der Waals surface area contributed by atoms with E-state index in [1.165, 1.54) is 31.8 Å². The molecule has 35 heavy (non-hydrogen) atoms. The van der Waals surface area contributed by atoms with Crippen molar-refractivity contribution >= 4 is 23.4 Å². The van der Waals surface area contributed by atoms with E-state index in [1.807, 2.05) is 43.1 Å². The highest BCUT2D eigenvalue weighted by atomic mass is 16.2. The van der Waals surface area contributed by atoms with E-state index in [2.05, 4.69) is 27.4 Å². The highest BCUT2D eigenvalue weighted by molar-refractivity contribution is 5.93. The van der Waals surface area contributed by atoms with Crippen LogP contribution in [0.4, 0.5) is 5.69 Å². The molecule has 0 aromatic heterocycles. The number of amides is 3. The highest BCUT2D eigenvalue weighted by Gasteiger charge is 2.32. The third-order valence-corrected chi connectivity index (χ3v) is 7.19. The van der Waals surface area contributed by atoms with Crippen molar-refractivity contribution in [1.29, 1.82) is 0 Å². The van der Waals surface area contributed by atoms with E-state index in [-0.39, 0.29) is 23.6 Å². The molecule has 0 unspecified atom stereocenters. The molecule has 3 rings (SSSR count). The van der Waals surface area contributed by atoms with E-state index in [0.29, 0.717) is 31.4 Å². The van der Waals surface area contributed by atoms with Crippen LogP contribution in [-0.4, -0.2) is 79.4 Å². The molecule has 1 aromatic carbocycles. The lowest BCUT2D eigenvalue weighted by Crippen LogP contribution is -2.55. The normalized spacial score (nSPS) is 19.3. The Morgan fingerprint density at radius 1 is 1.03 bits per heavy atom. The van der Waals surface area contributed by atoms with Crippen LogP contribution in [0.15, 0.2) is 36.9 Å². The molecule has 192 valence electrons. The third-order valence-electron chi connectivity index (χ3n) is 7.19. The molecule has 1 saturated heterocycles. The fourth-order valence-corrected chi connectivity index (χ4v) is 4.82. The maximum atomic E-state index is 13.3. The van der Waals surface area contributed by atoms with Crippen molar-refractivity contribution in [3.63, 3.8) is 0 Å². The fourth-order valence-electron chi connectivity index (χ4n) is 4.82. The molecule has 1 aliphatic heterocycles. The summed E-state index contributed by atoms with van der Waals surface area (Å²) >= 11 is 0. The van der Waals surface area contributed by atoms with Gasteiger partial charge in [0.15, 0.2) is 0 Å². The quantitative estimate of drug-likeness (QED) is 0.371. The number of rotatable bonds is 9. The van der Waals surface area contributed by atoms with Gasteiger partial charge in [-0.15, -0.1) is 0 Å². The first-order valence-corrected chi connectivity index (χ1v) is 12.9. The molecule has 0 bridgehead atoms. The first-order valence-electron chi connectivity index (χ1n) is 12.9. The standard InChI is InChI=1S/C27H41N5O3/c1-4-24(33)30-26(27(35)32-17-15-31(3)16-18-32)20(2)21-11-13-23(14-12-21)29-25(34)19-28-22-9-7-5-6-8-10-22/h4,11-14,20,22,26,28H,1,5-10,15-19H2,2-3H3,(H,29,34)(H,30,33)/t20-,26+/m0/s1. The van der Waals surface area contributed by atoms with Gasteiger partial charge in [-0.25, -0.2) is 0 Å². The first kappa shape index (κ1) is 26.9. The van der Waals surface area contributed by atoms with Gasteiger partial charge in [-0.05, 0) is 43.7 Å². The SMILES string of the molecule is C=CC(=O)N[C@@H](C(=O)N1CCN(C)CC1)[C@@H](C)c1ccc(NC(=O)CNC2CCCCCC2)cc1. The van der Waals surface area contributed by atoms with Crippen LogP contribution in [0.3, 0.4) is 0 Å². The summed E-state index contributed by atoms with van der Waals surface area (Å²) < 4.78 is 0. The Morgan fingerprint density at radius 3 is 2.26 bits per heavy atom. The number of benzene rings is 1. The maximum Gasteiger partial charge on any atom is 0.245 e. The Morgan fingerprint density at radius 2 is 1.66 bits per heavy atom. The lowest BCUT2D eigenvalue weighted by Gasteiger charge is -2.36. The van der Waals surface area contributed by atoms with Crippen LogP contribution in [-0.2, 0) is 14.4 Å². The van der Waals surface area contributed by atoms with E-state index in [0.717, 1.165) is 31.5 Å². The number of carbonyl (C=O) groups is 3. The number of anilines is 1. The van der Waals surface area contributed by atoms with Crippen LogP contribution < -0.4 is 16.0 Å². The van der Waals surface area contributed by atoms with Gasteiger partial charge in [-0.1, -0.05) is 51.3 Å². The van der Waals surface area contributed by atoms with Gasteiger partial charge in [0, 0.05) is 43.8 Å². The Labute approximate surface area is 209 Å². The lowest BCUT2D eigenvalue weighted by atomic mass is 9.91. The van der Waals surface area contributed by atoms with E-state index in [4.69, 9.17) is 0 Å². The summed E-state index contributed by atoms with van der Waals surface area (Å²) in [5.74, 6) is -0.749. The van der Waals surface area contributed by atoms with Crippen molar-refractivity contribution in [2.75, 3.05) is 45.1 Å². The molecule has 2 atom stereocenters. The molecule has 1 heterocycles. The molecule has 1 aliphatic carbocycles. The molecule has 3 N–H and O–H groups in total. The van der Waals surface area contributed by atoms with E-state index >= 15 is 0 Å². The average molecular weight is 484 g/mol. The molecule has 1 aromatic rings. The Balaban J connectivity index is 1.59. The summed E-state index contributed by atoms with van der Waals surface area (Å²) in [5, 5.41) is 9.17. The second kappa shape index (κ2) is 13.4. The van der Waals surface area contributed by atoms with Gasteiger partial charge < -0.3 is 25.8 Å². The van der Waals surface area contributed by atoms with Crippen molar-refractivity contribution in [2.45, 2.75) is 63.5 Å². The van der Waals surface area contributed by atoms with E-state index in [1.54, 1.807) is 0 Å². The zero-order valence-corrected chi connectivity index (χ0v) is 21.2. The van der Waals surface area contributed by atoms with Crippen LogP contribution in [0, 0.1) is 0 Å². The smallest absolute Gasteiger partial charge is 0.245 e. The van der Waals surface area contributed by atoms with Gasteiger partial charge in [0.1, 0.15) is 6.04 Å². The third kappa shape index (κ3) is 8.18. The minimum Gasteiger partial charge on any atom is -0.340 e. The van der Waals surface area contributed by atoms with Crippen LogP contribution in [0.2, 0.25) is 0 Å². The van der Waals surface area contributed by atoms with Crippen molar-refractivity contribution in [1.82, 2.24) is 20.4 Å². The van der Waals surface area contributed by atoms with Crippen LogP contribution in [0.25, 0.3) is 0 Å². The second-order valence-electron chi connectivity index (χ2n) is 9.85. The highest BCUT2D eigenvalue weighted by Crippen LogP contribution is 2.23. The zero-order valence-electron chi connectivity index (χ0n) is 21.2. The molecule has 2 aliphatic rings. The minimum absolute atomic E-state index is 0.0589. The van der Waals surface area contributed by atoms with E-state index < -0.39 is 6.04 Å². The molecule has 2 fully saturated rings. The molecule has 0 spiro atoms. The summed E-state index contributed by atoms with van der Waals surface area (Å²) in [7, 11) is 2.04. The number of nitrogens with one attached hydrogen (secondary N) is 3. The van der Waals surface area contributed by atoms with E-state index in [9.17, 15) is 14.4 Å². The summed E-state index contributed by atoms with van der Waals surface area (Å²) in [4.78, 5) is 41.8. The summed E-state index contributed by atoms with van der Waals surface area (Å²) in [6.07, 6.45) is 8.49. The molecular weight excluding hydrogens is 442 g/mol. The lowest BCUT2D eigenvalue weighted by molar-refractivity contribution is -0.137. The molecule has 3 amide bonds. The van der Waals surface area contributed by atoms with Crippen LogP contribution >= 0.6 is 0 Å². The maximum absolute atomic E-state index is 13.3. The number of piperazine rings is 1. The topological polar surface area (TPSA) is 93.8 Å². The predicted molar refractivity (Wildman–Crippen MR) is 139 cm³/mol. The van der Waals surface area contributed by atoms with Crippen LogP contribution in [0.5, 0.6) is 0 Å². The Kier molecular flexibility index (Phi) is 10.3. The second-order valence-corrected chi connectivity index (χ2v) is 9.85. The molecule has 8 heteroatoms. The largest absolute Gasteiger partial charge is 0.340 e. The van der Waals surface area contributed by atoms with Gasteiger partial charge in [0.2, 0.25) is 17.7 Å². The summed E-state index contributed by atoms with van der Waals surface area (Å²) in [6.45, 7) is 8.67. The van der Waals surface area contributed by atoms with Gasteiger partial charge in [0.05, 0.1) is 6.54 Å². The summed E-state index contributed by atoms with van der Waals surface area (Å²) in [6, 6.07) is 7.25. The monoisotopic (exact) mass is 483 g/mol. The Hall–Kier alpha value is -2.71. The van der Waals surface area contributed by atoms with Crippen molar-refractivity contribution in [3.05, 3.63) is 42.5 Å². The number of hydrogen-bond acceptors (Lipinski definition) is 5. The number of nitrogens with zero attached hydrogens (tertiary/aromatic N) is 2. The number of carbonyl (C=O) groups excluding carboxylic acids is 3. The van der Waals surface area contributed by atoms with Crippen LogP contribution in [0.1, 0.15) is 56.9 Å². The Bertz CT molecular complexity index is 856. The molecule has 0 radical (unpaired) electrons. The van der Waals surface area contributed by atoms with Gasteiger partial charge in [-0.2, -0.15) is 0 Å². The predicted octanol–water partition coefficient (Wildman–Crippen LogP) is 2.49. The zero-order chi connectivity index (χ0) is 25.2. The minimum atomic E-state index is -0.687. The molecule has 8 nitrogen and oxygen atoms in total. The first-order chi connectivity index (χ1) is 16.9. The average Bonchev–Trinajstić information content (AvgIpc) is 3.15. The summed E-state index contributed by atoms with van der Waals surface area (Å²) in [5.41, 5.74) is 1.63. The molecule has 1 saturated carbocycles.